The summed E-state index contributed by atoms with van der Waals surface area (Å²) in [5.41, 5.74) is 5.10. The Hall–Kier alpha value is -0.740. The maximum Gasteiger partial charge on any atom is -0.0127 e. The minimum absolute atomic E-state index is 0.252. The number of allylic oxidation sites excluding steroid dienone is 3. The Labute approximate surface area is 88.4 Å². The highest BCUT2D eigenvalue weighted by Crippen LogP contribution is 2.22. The molecule has 0 atom stereocenters. The van der Waals surface area contributed by atoms with Crippen LogP contribution in [0.5, 0.6) is 0 Å². The molecule has 0 aromatic rings. The van der Waals surface area contributed by atoms with Crippen molar-refractivity contribution in [2.75, 3.05) is 0 Å². The van der Waals surface area contributed by atoms with Crippen molar-refractivity contribution < 1.29 is 0 Å². The van der Waals surface area contributed by atoms with Crippen LogP contribution >= 0.6 is 0 Å². The SMILES string of the molecule is CC(C)(C)C=C=CC=C1CCCCC1. The predicted molar refractivity (Wildman–Crippen MR) is 63.3 cm³/mol. The lowest BCUT2D eigenvalue weighted by molar-refractivity contribution is 0.545. The average molecular weight is 190 g/mol. The molecule has 0 aromatic carbocycles. The van der Waals surface area contributed by atoms with Crippen molar-refractivity contribution >= 4 is 0 Å². The largest absolute Gasteiger partial charge is 0.125 e. The first-order valence-corrected chi connectivity index (χ1v) is 5.70. The van der Waals surface area contributed by atoms with Gasteiger partial charge >= 0.3 is 0 Å². The van der Waals surface area contributed by atoms with E-state index >= 15 is 0 Å². The molecule has 0 nitrogen and oxygen atoms in total. The summed E-state index contributed by atoms with van der Waals surface area (Å²) in [4.78, 5) is 0. The number of hydrogen-bond donors (Lipinski definition) is 0. The van der Waals surface area contributed by atoms with Crippen LogP contribution in [0, 0.1) is 5.41 Å². The second-order valence-corrected chi connectivity index (χ2v) is 5.23. The van der Waals surface area contributed by atoms with E-state index in [1.54, 1.807) is 5.57 Å². The van der Waals surface area contributed by atoms with Crippen LogP contribution in [-0.4, -0.2) is 0 Å². The zero-order valence-corrected chi connectivity index (χ0v) is 9.77. The summed E-state index contributed by atoms with van der Waals surface area (Å²) >= 11 is 0. The molecule has 0 amide bonds. The van der Waals surface area contributed by atoms with Gasteiger partial charge in [-0.1, -0.05) is 38.8 Å². The van der Waals surface area contributed by atoms with Gasteiger partial charge in [-0.05, 0) is 43.3 Å². The van der Waals surface area contributed by atoms with Crippen LogP contribution < -0.4 is 0 Å². The van der Waals surface area contributed by atoms with E-state index in [0.717, 1.165) is 0 Å². The maximum atomic E-state index is 3.25. The molecule has 0 unspecified atom stereocenters. The minimum Gasteiger partial charge on any atom is -0.125 e. The molecule has 1 aliphatic rings. The van der Waals surface area contributed by atoms with E-state index in [4.69, 9.17) is 0 Å². The van der Waals surface area contributed by atoms with Gasteiger partial charge in [0, 0.05) is 0 Å². The van der Waals surface area contributed by atoms with Crippen molar-refractivity contribution in [2.24, 2.45) is 5.41 Å². The highest BCUT2D eigenvalue weighted by atomic mass is 14.1. The molecule has 0 spiro atoms. The maximum absolute atomic E-state index is 3.25. The monoisotopic (exact) mass is 190 g/mol. The first-order chi connectivity index (χ1) is 6.58. The Morgan fingerprint density at radius 1 is 1.07 bits per heavy atom. The first kappa shape index (κ1) is 11.3. The predicted octanol–water partition coefficient (Wildman–Crippen LogP) is 4.63. The molecule has 0 heterocycles. The molecule has 1 fully saturated rings. The fourth-order valence-corrected chi connectivity index (χ4v) is 1.64. The summed E-state index contributed by atoms with van der Waals surface area (Å²) in [5, 5.41) is 0. The second-order valence-electron chi connectivity index (χ2n) is 5.23. The third-order valence-electron chi connectivity index (χ3n) is 2.43. The van der Waals surface area contributed by atoms with Crippen LogP contribution in [0.3, 0.4) is 0 Å². The van der Waals surface area contributed by atoms with Crippen LogP contribution in [0.15, 0.2) is 29.5 Å². The van der Waals surface area contributed by atoms with E-state index in [9.17, 15) is 0 Å². The van der Waals surface area contributed by atoms with Gasteiger partial charge in [0.2, 0.25) is 0 Å². The Bertz CT molecular complexity index is 246. The molecule has 0 bridgehead atoms. The van der Waals surface area contributed by atoms with Crippen LogP contribution in [0.1, 0.15) is 52.9 Å². The molecule has 0 aliphatic heterocycles. The molecule has 0 heteroatoms. The van der Waals surface area contributed by atoms with E-state index in [-0.39, 0.29) is 5.41 Å². The zero-order valence-electron chi connectivity index (χ0n) is 9.77. The topological polar surface area (TPSA) is 0 Å². The van der Waals surface area contributed by atoms with E-state index < -0.39 is 0 Å². The van der Waals surface area contributed by atoms with Crippen molar-refractivity contribution in [3.8, 4) is 0 Å². The lowest BCUT2D eigenvalue weighted by Crippen LogP contribution is -1.97. The van der Waals surface area contributed by atoms with E-state index in [0.29, 0.717) is 0 Å². The third kappa shape index (κ3) is 5.09. The van der Waals surface area contributed by atoms with Gasteiger partial charge in [0.1, 0.15) is 0 Å². The highest BCUT2D eigenvalue weighted by Gasteiger charge is 2.03. The Balaban J connectivity index is 2.48. The van der Waals surface area contributed by atoms with Crippen molar-refractivity contribution in [3.05, 3.63) is 29.5 Å². The molecular formula is C14H22. The Morgan fingerprint density at radius 3 is 2.29 bits per heavy atom. The van der Waals surface area contributed by atoms with Crippen molar-refractivity contribution in [1.29, 1.82) is 0 Å². The van der Waals surface area contributed by atoms with Gasteiger partial charge < -0.3 is 0 Å². The minimum atomic E-state index is 0.252. The normalized spacial score (nSPS) is 17.2. The summed E-state index contributed by atoms with van der Waals surface area (Å²) < 4.78 is 0. The van der Waals surface area contributed by atoms with Crippen LogP contribution in [0.4, 0.5) is 0 Å². The van der Waals surface area contributed by atoms with Crippen LogP contribution in [0.25, 0.3) is 0 Å². The van der Waals surface area contributed by atoms with Crippen molar-refractivity contribution in [1.82, 2.24) is 0 Å². The van der Waals surface area contributed by atoms with Crippen LogP contribution in [-0.2, 0) is 0 Å². The van der Waals surface area contributed by atoms with Gasteiger partial charge in [-0.3, -0.25) is 0 Å². The molecule has 14 heavy (non-hydrogen) atoms. The second kappa shape index (κ2) is 5.22. The quantitative estimate of drug-likeness (QED) is 0.529. The van der Waals surface area contributed by atoms with Gasteiger partial charge in [-0.2, -0.15) is 0 Å². The molecule has 1 saturated carbocycles. The molecule has 1 rings (SSSR count). The molecule has 0 N–H and O–H groups in total. The van der Waals surface area contributed by atoms with Gasteiger partial charge in [-0.15, -0.1) is 5.73 Å². The van der Waals surface area contributed by atoms with E-state index in [1.165, 1.54) is 32.1 Å². The van der Waals surface area contributed by atoms with E-state index in [1.807, 2.05) is 0 Å². The summed E-state index contributed by atoms with van der Waals surface area (Å²) in [5.74, 6) is 0. The summed E-state index contributed by atoms with van der Waals surface area (Å²) in [6, 6.07) is 0. The molecule has 0 aromatic heterocycles. The number of hydrogen-bond acceptors (Lipinski definition) is 0. The average Bonchev–Trinajstić information content (AvgIpc) is 2.13. The lowest BCUT2D eigenvalue weighted by atomic mass is 9.94. The van der Waals surface area contributed by atoms with E-state index in [2.05, 4.69) is 44.7 Å². The van der Waals surface area contributed by atoms with Crippen molar-refractivity contribution in [2.45, 2.75) is 52.9 Å². The molecular weight excluding hydrogens is 168 g/mol. The fraction of sp³-hybridized carbons (Fsp3) is 0.643. The summed E-state index contributed by atoms with van der Waals surface area (Å²) in [6.07, 6.45) is 13.2. The Morgan fingerprint density at radius 2 is 1.71 bits per heavy atom. The first-order valence-electron chi connectivity index (χ1n) is 5.70. The molecule has 0 radical (unpaired) electrons. The third-order valence-corrected chi connectivity index (χ3v) is 2.43. The van der Waals surface area contributed by atoms with Gasteiger partial charge in [0.05, 0.1) is 0 Å². The summed E-state index contributed by atoms with van der Waals surface area (Å²) in [7, 11) is 0. The molecule has 78 valence electrons. The highest BCUT2D eigenvalue weighted by molar-refractivity contribution is 5.14. The van der Waals surface area contributed by atoms with Crippen molar-refractivity contribution in [3.63, 3.8) is 0 Å². The van der Waals surface area contributed by atoms with Gasteiger partial charge in [0.15, 0.2) is 0 Å². The molecule has 1 aliphatic carbocycles. The standard InChI is InChI=1S/C14H22/c1-14(2,3)12-8-7-11-13-9-5-4-6-10-13/h7,11-12H,4-6,9-10H2,1-3H3. The van der Waals surface area contributed by atoms with Gasteiger partial charge in [0.25, 0.3) is 0 Å². The number of rotatable bonds is 1. The molecule has 0 saturated heterocycles. The fourth-order valence-electron chi connectivity index (χ4n) is 1.64. The lowest BCUT2D eigenvalue weighted by Gasteiger charge is -2.12. The van der Waals surface area contributed by atoms with Crippen LogP contribution in [0.2, 0.25) is 0 Å². The van der Waals surface area contributed by atoms with Gasteiger partial charge in [-0.25, -0.2) is 0 Å². The Kier molecular flexibility index (Phi) is 4.22. The zero-order chi connectivity index (χ0) is 10.4. The summed E-state index contributed by atoms with van der Waals surface area (Å²) in [6.45, 7) is 6.59. The smallest absolute Gasteiger partial charge is 0.0127 e.